The van der Waals surface area contributed by atoms with Crippen LogP contribution in [0.25, 0.3) is 0 Å². The molecule has 5 heteroatoms. The highest BCUT2D eigenvalue weighted by Crippen LogP contribution is 2.48. The lowest BCUT2D eigenvalue weighted by Crippen LogP contribution is -2.44. The van der Waals surface area contributed by atoms with Crippen molar-refractivity contribution in [3.8, 4) is 0 Å². The lowest BCUT2D eigenvalue weighted by atomic mass is 9.87. The second-order valence-electron chi connectivity index (χ2n) is 7.97. The molecule has 1 atom stereocenters. The van der Waals surface area contributed by atoms with E-state index >= 15 is 0 Å². The van der Waals surface area contributed by atoms with Crippen LogP contribution in [0.1, 0.15) is 36.8 Å². The Morgan fingerprint density at radius 2 is 2.04 bits per heavy atom. The van der Waals surface area contributed by atoms with Gasteiger partial charge in [-0.25, -0.2) is 0 Å². The molecule has 2 aliphatic heterocycles. The number of hydrogen-bond acceptors (Lipinski definition) is 2. The topological polar surface area (TPSA) is 36.9 Å². The molecule has 0 aromatic heterocycles. The highest BCUT2D eigenvalue weighted by Gasteiger charge is 2.46. The Morgan fingerprint density at radius 3 is 2.68 bits per heavy atom. The van der Waals surface area contributed by atoms with Crippen molar-refractivity contribution >= 4 is 29.9 Å². The zero-order valence-electron chi connectivity index (χ0n) is 15.4. The summed E-state index contributed by atoms with van der Waals surface area (Å²) >= 11 is 0. The molecule has 0 bridgehead atoms. The maximum Gasteiger partial charge on any atom is 0.193 e. The number of benzene rings is 1. The Balaban J connectivity index is 0.00000182. The molecular weight excluding hydrogens is 425 g/mol. The van der Waals surface area contributed by atoms with Crippen LogP contribution in [0.5, 0.6) is 0 Å². The van der Waals surface area contributed by atoms with E-state index in [0.717, 1.165) is 38.8 Å². The SMILES string of the molecule is CN=C(NCC1(c2ccccc2C)CC1)N1CCC2(CCOC2)C1.I. The van der Waals surface area contributed by atoms with Crippen LogP contribution in [0.4, 0.5) is 0 Å². The third kappa shape index (κ3) is 3.68. The van der Waals surface area contributed by atoms with Gasteiger partial charge in [0.2, 0.25) is 0 Å². The second kappa shape index (κ2) is 7.43. The summed E-state index contributed by atoms with van der Waals surface area (Å²) in [6, 6.07) is 8.83. The van der Waals surface area contributed by atoms with E-state index in [9.17, 15) is 0 Å². The van der Waals surface area contributed by atoms with Crippen LogP contribution in [0.2, 0.25) is 0 Å². The van der Waals surface area contributed by atoms with E-state index in [1.54, 1.807) is 0 Å². The molecule has 1 aliphatic carbocycles. The molecule has 25 heavy (non-hydrogen) atoms. The average Bonchev–Trinajstić information content (AvgIpc) is 3.05. The first kappa shape index (κ1) is 19.0. The van der Waals surface area contributed by atoms with Gasteiger partial charge in [0.1, 0.15) is 0 Å². The Hall–Kier alpha value is -0.820. The predicted octanol–water partition coefficient (Wildman–Crippen LogP) is 3.33. The normalized spacial score (nSPS) is 27.4. The summed E-state index contributed by atoms with van der Waals surface area (Å²) in [5.74, 6) is 1.07. The van der Waals surface area contributed by atoms with Crippen LogP contribution in [0.15, 0.2) is 29.3 Å². The molecule has 1 N–H and O–H groups in total. The van der Waals surface area contributed by atoms with E-state index in [1.807, 2.05) is 7.05 Å². The summed E-state index contributed by atoms with van der Waals surface area (Å²) in [6.45, 7) is 7.26. The van der Waals surface area contributed by atoms with Gasteiger partial charge in [0, 0.05) is 44.1 Å². The minimum absolute atomic E-state index is 0. The first-order valence-corrected chi connectivity index (χ1v) is 9.26. The lowest BCUT2D eigenvalue weighted by molar-refractivity contribution is 0.156. The highest BCUT2D eigenvalue weighted by atomic mass is 127. The predicted molar refractivity (Wildman–Crippen MR) is 113 cm³/mol. The number of likely N-dealkylation sites (tertiary alicyclic amines) is 1. The number of aliphatic imine (C=N–C) groups is 1. The summed E-state index contributed by atoms with van der Waals surface area (Å²) in [5.41, 5.74) is 3.62. The van der Waals surface area contributed by atoms with Crippen molar-refractivity contribution in [3.05, 3.63) is 35.4 Å². The molecule has 1 aromatic rings. The van der Waals surface area contributed by atoms with Gasteiger partial charge >= 0.3 is 0 Å². The van der Waals surface area contributed by atoms with Crippen LogP contribution in [-0.2, 0) is 10.2 Å². The first-order valence-electron chi connectivity index (χ1n) is 9.26. The van der Waals surface area contributed by atoms with Crippen molar-refractivity contribution in [2.45, 2.75) is 38.0 Å². The minimum atomic E-state index is 0. The summed E-state index contributed by atoms with van der Waals surface area (Å²) in [5, 5.41) is 3.68. The van der Waals surface area contributed by atoms with Crippen LogP contribution >= 0.6 is 24.0 Å². The Kier molecular flexibility index (Phi) is 5.63. The summed E-state index contributed by atoms with van der Waals surface area (Å²) in [4.78, 5) is 7.00. The maximum atomic E-state index is 5.65. The molecule has 4 rings (SSSR count). The first-order chi connectivity index (χ1) is 11.7. The molecular formula is C20H30IN3O. The molecule has 0 amide bonds. The van der Waals surface area contributed by atoms with Crippen LogP contribution in [0, 0.1) is 12.3 Å². The molecule has 1 aromatic carbocycles. The number of aryl methyl sites for hydroxylation is 1. The molecule has 1 saturated carbocycles. The quantitative estimate of drug-likeness (QED) is 0.432. The van der Waals surface area contributed by atoms with Gasteiger partial charge in [0.25, 0.3) is 0 Å². The zero-order valence-corrected chi connectivity index (χ0v) is 17.7. The monoisotopic (exact) mass is 455 g/mol. The van der Waals surface area contributed by atoms with Gasteiger partial charge in [-0.15, -0.1) is 24.0 Å². The van der Waals surface area contributed by atoms with Gasteiger partial charge in [0.15, 0.2) is 5.96 Å². The van der Waals surface area contributed by atoms with Gasteiger partial charge in [-0.2, -0.15) is 0 Å². The van der Waals surface area contributed by atoms with Crippen molar-refractivity contribution in [2.24, 2.45) is 10.4 Å². The minimum Gasteiger partial charge on any atom is -0.381 e. The van der Waals surface area contributed by atoms with Crippen LogP contribution < -0.4 is 5.32 Å². The highest BCUT2D eigenvalue weighted by molar-refractivity contribution is 14.0. The van der Waals surface area contributed by atoms with Crippen LogP contribution in [0.3, 0.4) is 0 Å². The van der Waals surface area contributed by atoms with Gasteiger partial charge in [-0.1, -0.05) is 24.3 Å². The van der Waals surface area contributed by atoms with E-state index < -0.39 is 0 Å². The molecule has 2 saturated heterocycles. The van der Waals surface area contributed by atoms with E-state index in [-0.39, 0.29) is 24.0 Å². The number of guanidine groups is 1. The third-order valence-corrected chi connectivity index (χ3v) is 6.29. The van der Waals surface area contributed by atoms with Gasteiger partial charge in [-0.3, -0.25) is 4.99 Å². The fraction of sp³-hybridized carbons (Fsp3) is 0.650. The molecule has 3 fully saturated rings. The average molecular weight is 455 g/mol. The van der Waals surface area contributed by atoms with E-state index in [2.05, 4.69) is 46.4 Å². The third-order valence-electron chi connectivity index (χ3n) is 6.29. The summed E-state index contributed by atoms with van der Waals surface area (Å²) in [7, 11) is 1.91. The van der Waals surface area contributed by atoms with Crippen molar-refractivity contribution in [1.29, 1.82) is 0 Å². The van der Waals surface area contributed by atoms with E-state index in [4.69, 9.17) is 4.74 Å². The molecule has 2 heterocycles. The number of hydrogen-bond donors (Lipinski definition) is 1. The molecule has 3 aliphatic rings. The van der Waals surface area contributed by atoms with E-state index in [0.29, 0.717) is 10.8 Å². The molecule has 1 unspecified atom stereocenters. The molecule has 4 nitrogen and oxygen atoms in total. The molecule has 138 valence electrons. The number of halogens is 1. The van der Waals surface area contributed by atoms with Gasteiger partial charge in [0.05, 0.1) is 6.61 Å². The number of nitrogens with zero attached hydrogens (tertiary/aromatic N) is 2. The van der Waals surface area contributed by atoms with Crippen molar-refractivity contribution < 1.29 is 4.74 Å². The maximum absolute atomic E-state index is 5.65. The Morgan fingerprint density at radius 1 is 1.24 bits per heavy atom. The van der Waals surface area contributed by atoms with Crippen LogP contribution in [-0.4, -0.2) is 50.8 Å². The smallest absolute Gasteiger partial charge is 0.193 e. The summed E-state index contributed by atoms with van der Waals surface area (Å²) < 4.78 is 5.65. The largest absolute Gasteiger partial charge is 0.381 e. The lowest BCUT2D eigenvalue weighted by Gasteiger charge is -2.27. The van der Waals surface area contributed by atoms with E-state index in [1.165, 1.54) is 36.8 Å². The summed E-state index contributed by atoms with van der Waals surface area (Å²) in [6.07, 6.45) is 4.99. The molecule has 1 spiro atoms. The van der Waals surface area contributed by atoms with Gasteiger partial charge in [-0.05, 0) is 43.7 Å². The van der Waals surface area contributed by atoms with Crippen molar-refractivity contribution in [1.82, 2.24) is 10.2 Å². The Labute approximate surface area is 168 Å². The van der Waals surface area contributed by atoms with Gasteiger partial charge < -0.3 is 15.0 Å². The van der Waals surface area contributed by atoms with Crippen molar-refractivity contribution in [2.75, 3.05) is 39.9 Å². The number of rotatable bonds is 3. The fourth-order valence-electron chi connectivity index (χ4n) is 4.53. The number of ether oxygens (including phenoxy) is 1. The standard InChI is InChI=1S/C20H29N3O.HI/c1-16-5-3-4-6-17(16)20(7-8-20)13-22-18(21-2)23-11-9-19(14-23)10-12-24-15-19;/h3-6H,7-15H2,1-2H3,(H,21,22);1H. The Bertz CT molecular complexity index is 636. The number of nitrogens with one attached hydrogen (secondary N) is 1. The zero-order chi connectivity index (χ0) is 16.6. The molecule has 0 radical (unpaired) electrons. The van der Waals surface area contributed by atoms with Crippen molar-refractivity contribution in [3.63, 3.8) is 0 Å². The fourth-order valence-corrected chi connectivity index (χ4v) is 4.53. The second-order valence-corrected chi connectivity index (χ2v) is 7.97.